The van der Waals surface area contributed by atoms with E-state index >= 15 is 0 Å². The first-order chi connectivity index (χ1) is 14.4. The van der Waals surface area contributed by atoms with Crippen LogP contribution in [0.15, 0.2) is 48.5 Å². The minimum Gasteiger partial charge on any atom is -0.349 e. The predicted octanol–water partition coefficient (Wildman–Crippen LogP) is 2.34. The number of urea groups is 1. The molecule has 4 rings (SSSR count). The van der Waals surface area contributed by atoms with Crippen LogP contribution in [0.4, 0.5) is 10.5 Å². The number of imide groups is 1. The van der Waals surface area contributed by atoms with E-state index in [1.807, 2.05) is 30.3 Å². The van der Waals surface area contributed by atoms with Gasteiger partial charge in [0, 0.05) is 37.4 Å². The normalized spacial score (nSPS) is 16.4. The highest BCUT2D eigenvalue weighted by atomic mass is 16.2. The number of likely N-dealkylation sites (tertiary alicyclic amines) is 1. The van der Waals surface area contributed by atoms with Crippen molar-refractivity contribution in [1.29, 1.82) is 0 Å². The van der Waals surface area contributed by atoms with Crippen molar-refractivity contribution in [2.24, 2.45) is 0 Å². The second-order valence-corrected chi connectivity index (χ2v) is 7.46. The van der Waals surface area contributed by atoms with E-state index in [0.717, 1.165) is 10.6 Å². The molecule has 0 radical (unpaired) electrons. The Kier molecular flexibility index (Phi) is 5.22. The molecule has 2 aromatic carbocycles. The third-order valence-corrected chi connectivity index (χ3v) is 5.49. The molecular weight excluding hydrogens is 384 g/mol. The van der Waals surface area contributed by atoms with Crippen LogP contribution in [0.5, 0.6) is 0 Å². The quantitative estimate of drug-likeness (QED) is 0.765. The van der Waals surface area contributed by atoms with E-state index in [9.17, 15) is 19.2 Å². The fraction of sp³-hybridized carbons (Fsp3) is 0.273. The molecule has 5 amide bonds. The lowest BCUT2D eigenvalue weighted by molar-refractivity contribution is 0.0692. The van der Waals surface area contributed by atoms with Crippen LogP contribution < -0.4 is 10.6 Å². The molecule has 2 aromatic rings. The summed E-state index contributed by atoms with van der Waals surface area (Å²) >= 11 is 0. The van der Waals surface area contributed by atoms with Crippen LogP contribution in [-0.2, 0) is 0 Å². The largest absolute Gasteiger partial charge is 0.349 e. The predicted molar refractivity (Wildman–Crippen MR) is 110 cm³/mol. The summed E-state index contributed by atoms with van der Waals surface area (Å²) < 4.78 is 0. The Bertz CT molecular complexity index is 1010. The number of hydrogen-bond acceptors (Lipinski definition) is 4. The SMILES string of the molecule is CN1C(=O)c2ccc(C(=O)NC3CCN(C(=O)Nc4ccccc4)CC3)cc2C1=O. The van der Waals surface area contributed by atoms with Crippen molar-refractivity contribution in [1.82, 2.24) is 15.1 Å². The fourth-order valence-corrected chi connectivity index (χ4v) is 3.72. The monoisotopic (exact) mass is 406 g/mol. The van der Waals surface area contributed by atoms with Gasteiger partial charge in [-0.2, -0.15) is 0 Å². The number of amides is 5. The molecule has 2 N–H and O–H groups in total. The van der Waals surface area contributed by atoms with Gasteiger partial charge in [-0.3, -0.25) is 19.3 Å². The smallest absolute Gasteiger partial charge is 0.321 e. The molecule has 8 heteroatoms. The standard InChI is InChI=1S/C22H22N4O4/c1-25-20(28)17-8-7-14(13-18(17)21(25)29)19(27)23-16-9-11-26(12-10-16)22(30)24-15-5-3-2-4-6-15/h2-8,13,16H,9-12H2,1H3,(H,23,27)(H,24,30). The lowest BCUT2D eigenvalue weighted by Crippen LogP contribution is -2.47. The number of hydrogen-bond donors (Lipinski definition) is 2. The summed E-state index contributed by atoms with van der Waals surface area (Å²) in [6.07, 6.45) is 1.28. The Morgan fingerprint density at radius 1 is 0.933 bits per heavy atom. The number of piperidine rings is 1. The van der Waals surface area contributed by atoms with E-state index in [-0.39, 0.29) is 29.5 Å². The minimum absolute atomic E-state index is 0.0634. The summed E-state index contributed by atoms with van der Waals surface area (Å²) in [6, 6.07) is 13.6. The lowest BCUT2D eigenvalue weighted by Gasteiger charge is -2.32. The Hall–Kier alpha value is -3.68. The Morgan fingerprint density at radius 2 is 1.60 bits per heavy atom. The molecule has 8 nitrogen and oxygen atoms in total. The fourth-order valence-electron chi connectivity index (χ4n) is 3.72. The van der Waals surface area contributed by atoms with Crippen molar-refractivity contribution in [3.8, 4) is 0 Å². The number of carbonyl (C=O) groups is 4. The third-order valence-electron chi connectivity index (χ3n) is 5.49. The molecule has 1 saturated heterocycles. The average molecular weight is 406 g/mol. The first-order valence-corrected chi connectivity index (χ1v) is 9.82. The Balaban J connectivity index is 1.32. The van der Waals surface area contributed by atoms with E-state index in [2.05, 4.69) is 10.6 Å². The van der Waals surface area contributed by atoms with Crippen molar-refractivity contribution < 1.29 is 19.2 Å². The number of anilines is 1. The van der Waals surface area contributed by atoms with Crippen LogP contribution in [0.1, 0.15) is 43.9 Å². The highest BCUT2D eigenvalue weighted by Crippen LogP contribution is 2.23. The summed E-state index contributed by atoms with van der Waals surface area (Å²) in [5.41, 5.74) is 1.65. The topological polar surface area (TPSA) is 98.8 Å². The molecule has 0 spiro atoms. The maximum Gasteiger partial charge on any atom is 0.321 e. The van der Waals surface area contributed by atoms with Gasteiger partial charge >= 0.3 is 6.03 Å². The van der Waals surface area contributed by atoms with Gasteiger partial charge < -0.3 is 15.5 Å². The molecule has 0 atom stereocenters. The third kappa shape index (κ3) is 3.76. The number of benzene rings is 2. The highest BCUT2D eigenvalue weighted by molar-refractivity contribution is 6.21. The Morgan fingerprint density at radius 3 is 2.30 bits per heavy atom. The molecule has 154 valence electrons. The summed E-state index contributed by atoms with van der Waals surface area (Å²) in [5, 5.41) is 5.83. The molecule has 0 aromatic heterocycles. The molecule has 0 aliphatic carbocycles. The molecule has 0 bridgehead atoms. The molecular formula is C22H22N4O4. The molecule has 2 aliphatic rings. The van der Waals surface area contributed by atoms with Crippen LogP contribution in [0.25, 0.3) is 0 Å². The van der Waals surface area contributed by atoms with Gasteiger partial charge in [0.25, 0.3) is 17.7 Å². The van der Waals surface area contributed by atoms with Crippen molar-refractivity contribution >= 4 is 29.4 Å². The summed E-state index contributed by atoms with van der Waals surface area (Å²) in [6.45, 7) is 1.07. The van der Waals surface area contributed by atoms with E-state index < -0.39 is 5.91 Å². The zero-order valence-corrected chi connectivity index (χ0v) is 16.6. The number of para-hydroxylation sites is 1. The lowest BCUT2D eigenvalue weighted by atomic mass is 10.0. The van der Waals surface area contributed by atoms with Gasteiger partial charge in [0.2, 0.25) is 0 Å². The number of nitrogens with zero attached hydrogens (tertiary/aromatic N) is 2. The first-order valence-electron chi connectivity index (χ1n) is 9.82. The van der Waals surface area contributed by atoms with Crippen LogP contribution in [0.2, 0.25) is 0 Å². The van der Waals surface area contributed by atoms with Crippen molar-refractivity contribution in [2.45, 2.75) is 18.9 Å². The minimum atomic E-state index is -0.401. The summed E-state index contributed by atoms with van der Waals surface area (Å²) in [4.78, 5) is 51.9. The highest BCUT2D eigenvalue weighted by Gasteiger charge is 2.33. The van der Waals surface area contributed by atoms with Crippen molar-refractivity contribution in [3.63, 3.8) is 0 Å². The molecule has 2 aliphatic heterocycles. The average Bonchev–Trinajstić information content (AvgIpc) is 2.98. The second kappa shape index (κ2) is 7.98. The van der Waals surface area contributed by atoms with E-state index in [0.29, 0.717) is 37.1 Å². The molecule has 0 unspecified atom stereocenters. The maximum absolute atomic E-state index is 12.6. The van der Waals surface area contributed by atoms with Gasteiger partial charge in [0.1, 0.15) is 0 Å². The van der Waals surface area contributed by atoms with Crippen LogP contribution in [-0.4, -0.2) is 59.7 Å². The van der Waals surface area contributed by atoms with Gasteiger partial charge in [-0.15, -0.1) is 0 Å². The number of nitrogens with one attached hydrogen (secondary N) is 2. The van der Waals surface area contributed by atoms with Crippen molar-refractivity contribution in [3.05, 3.63) is 65.2 Å². The molecule has 1 fully saturated rings. The van der Waals surface area contributed by atoms with Gasteiger partial charge in [-0.05, 0) is 43.2 Å². The van der Waals surface area contributed by atoms with Gasteiger partial charge in [-0.25, -0.2) is 4.79 Å². The number of carbonyl (C=O) groups excluding carboxylic acids is 4. The summed E-state index contributed by atoms with van der Waals surface area (Å²) in [5.74, 6) is -1.05. The van der Waals surface area contributed by atoms with Gasteiger partial charge in [-0.1, -0.05) is 18.2 Å². The zero-order valence-electron chi connectivity index (χ0n) is 16.6. The van der Waals surface area contributed by atoms with Crippen LogP contribution >= 0.6 is 0 Å². The first kappa shape index (κ1) is 19.6. The molecule has 30 heavy (non-hydrogen) atoms. The summed E-state index contributed by atoms with van der Waals surface area (Å²) in [7, 11) is 1.42. The van der Waals surface area contributed by atoms with E-state index in [1.165, 1.54) is 19.2 Å². The zero-order chi connectivity index (χ0) is 21.3. The van der Waals surface area contributed by atoms with Crippen LogP contribution in [0.3, 0.4) is 0 Å². The van der Waals surface area contributed by atoms with Gasteiger partial charge in [0.05, 0.1) is 11.1 Å². The van der Waals surface area contributed by atoms with Crippen molar-refractivity contribution in [2.75, 3.05) is 25.5 Å². The van der Waals surface area contributed by atoms with Gasteiger partial charge in [0.15, 0.2) is 0 Å². The second-order valence-electron chi connectivity index (χ2n) is 7.46. The Labute approximate surface area is 173 Å². The maximum atomic E-state index is 12.6. The number of rotatable bonds is 3. The molecule has 2 heterocycles. The van der Waals surface area contributed by atoms with Crippen LogP contribution in [0, 0.1) is 0 Å². The molecule has 0 saturated carbocycles. The number of fused-ring (bicyclic) bond motifs is 1. The van der Waals surface area contributed by atoms with E-state index in [1.54, 1.807) is 11.0 Å². The van der Waals surface area contributed by atoms with E-state index in [4.69, 9.17) is 0 Å².